The predicted octanol–water partition coefficient (Wildman–Crippen LogP) is 3.43. The number of nitrogens with two attached hydrogens (primary N) is 1. The van der Waals surface area contributed by atoms with Crippen LogP contribution in [0.1, 0.15) is 15.2 Å². The minimum atomic E-state index is -4.42. The summed E-state index contributed by atoms with van der Waals surface area (Å²) in [6.07, 6.45) is -4.42. The third-order valence-corrected chi connectivity index (χ3v) is 4.01. The smallest absolute Gasteiger partial charge is 0.397 e. The molecule has 0 bridgehead atoms. The number of fused-ring (bicyclic) bond motifs is 1. The first-order chi connectivity index (χ1) is 9.19. The van der Waals surface area contributed by atoms with Gasteiger partial charge in [-0.2, -0.15) is 13.2 Å². The van der Waals surface area contributed by atoms with Crippen LogP contribution in [0.5, 0.6) is 0 Å². The van der Waals surface area contributed by atoms with E-state index >= 15 is 0 Å². The Morgan fingerprint density at radius 2 is 2.05 bits per heavy atom. The van der Waals surface area contributed by atoms with Gasteiger partial charge in [-0.1, -0.05) is 11.6 Å². The molecular weight excluding hydrogens is 289 g/mol. The molecule has 0 atom stereocenters. The highest BCUT2D eigenvalue weighted by atomic mass is 32.1. The lowest BCUT2D eigenvalue weighted by Crippen LogP contribution is -2.35. The summed E-state index contributed by atoms with van der Waals surface area (Å²) in [4.78, 5) is 12.8. The Bertz CT molecular complexity index is 663. The van der Waals surface area contributed by atoms with Gasteiger partial charge in [0.15, 0.2) is 0 Å². The van der Waals surface area contributed by atoms with Crippen LogP contribution in [0.25, 0.3) is 10.1 Å². The van der Waals surface area contributed by atoms with Crippen molar-refractivity contribution < 1.29 is 18.0 Å². The number of thiophene rings is 1. The largest absolute Gasteiger partial charge is 0.406 e. The summed E-state index contributed by atoms with van der Waals surface area (Å²) in [5.74, 6) is -0.710. The van der Waals surface area contributed by atoms with Crippen molar-refractivity contribution in [3.05, 3.63) is 28.6 Å². The average molecular weight is 302 g/mol. The first kappa shape index (κ1) is 14.6. The molecule has 0 radical (unpaired) electrons. The summed E-state index contributed by atoms with van der Waals surface area (Å²) in [5, 5.41) is 0.707. The van der Waals surface area contributed by atoms with Crippen LogP contribution in [0.2, 0.25) is 0 Å². The third-order valence-electron chi connectivity index (χ3n) is 2.84. The van der Waals surface area contributed by atoms with Crippen molar-refractivity contribution in [2.75, 3.05) is 19.3 Å². The predicted molar refractivity (Wildman–Crippen MR) is 74.0 cm³/mol. The van der Waals surface area contributed by atoms with Gasteiger partial charge in [0.1, 0.15) is 11.4 Å². The summed E-state index contributed by atoms with van der Waals surface area (Å²) >= 11 is 1.11. The second kappa shape index (κ2) is 4.97. The molecule has 2 rings (SSSR count). The Hall–Kier alpha value is -1.76. The fraction of sp³-hybridized carbons (Fsp3) is 0.308. The number of anilines is 1. The number of amides is 1. The molecule has 0 spiro atoms. The molecule has 0 fully saturated rings. The Kier molecular flexibility index (Phi) is 3.64. The third kappa shape index (κ3) is 2.87. The normalized spacial score (nSPS) is 11.8. The minimum Gasteiger partial charge on any atom is -0.397 e. The van der Waals surface area contributed by atoms with E-state index in [0.29, 0.717) is 10.3 Å². The number of rotatable bonds is 2. The van der Waals surface area contributed by atoms with Crippen molar-refractivity contribution >= 4 is 33.0 Å². The fourth-order valence-electron chi connectivity index (χ4n) is 1.90. The molecule has 0 aliphatic rings. The van der Waals surface area contributed by atoms with Crippen LogP contribution in [0.4, 0.5) is 18.9 Å². The Morgan fingerprint density at radius 3 is 2.65 bits per heavy atom. The van der Waals surface area contributed by atoms with Crippen LogP contribution in [0.15, 0.2) is 18.2 Å². The number of benzene rings is 1. The lowest BCUT2D eigenvalue weighted by Gasteiger charge is -2.18. The maximum Gasteiger partial charge on any atom is 0.406 e. The van der Waals surface area contributed by atoms with E-state index < -0.39 is 18.6 Å². The van der Waals surface area contributed by atoms with E-state index in [-0.39, 0.29) is 10.6 Å². The van der Waals surface area contributed by atoms with Crippen LogP contribution < -0.4 is 5.73 Å². The number of hydrogen-bond acceptors (Lipinski definition) is 3. The highest BCUT2D eigenvalue weighted by Crippen LogP contribution is 2.35. The highest BCUT2D eigenvalue weighted by Gasteiger charge is 2.32. The molecule has 0 saturated heterocycles. The van der Waals surface area contributed by atoms with E-state index in [0.717, 1.165) is 28.6 Å². The fourth-order valence-corrected chi connectivity index (χ4v) is 3.00. The van der Waals surface area contributed by atoms with Crippen molar-refractivity contribution in [3.8, 4) is 0 Å². The number of carbonyl (C=O) groups excluding carboxylic acids is 1. The van der Waals surface area contributed by atoms with Gasteiger partial charge in [-0.3, -0.25) is 4.79 Å². The van der Waals surface area contributed by atoms with Crippen molar-refractivity contribution in [2.45, 2.75) is 13.1 Å². The lowest BCUT2D eigenvalue weighted by atomic mass is 10.1. The Balaban J connectivity index is 2.38. The SMILES string of the molecule is Cc1ccc2sc(C(=O)N(C)CC(F)(F)F)c(N)c2c1. The van der Waals surface area contributed by atoms with E-state index in [2.05, 4.69) is 0 Å². The molecule has 3 nitrogen and oxygen atoms in total. The van der Waals surface area contributed by atoms with Gasteiger partial charge in [-0.15, -0.1) is 11.3 Å². The molecule has 2 N–H and O–H groups in total. The second-order valence-corrected chi connectivity index (χ2v) is 5.67. The second-order valence-electron chi connectivity index (χ2n) is 4.62. The number of aryl methyl sites for hydroxylation is 1. The monoisotopic (exact) mass is 302 g/mol. The maximum absolute atomic E-state index is 12.3. The van der Waals surface area contributed by atoms with Crippen LogP contribution >= 0.6 is 11.3 Å². The standard InChI is InChI=1S/C13H13F3N2OS/c1-7-3-4-9-8(5-7)10(17)11(20-9)12(19)18(2)6-13(14,15)16/h3-5H,6,17H2,1-2H3. The average Bonchev–Trinajstić information content (AvgIpc) is 2.64. The van der Waals surface area contributed by atoms with Crippen LogP contribution in [0.3, 0.4) is 0 Å². The number of carbonyl (C=O) groups is 1. The van der Waals surface area contributed by atoms with Crippen molar-refractivity contribution in [3.63, 3.8) is 0 Å². The van der Waals surface area contributed by atoms with E-state index in [4.69, 9.17) is 5.73 Å². The Morgan fingerprint density at radius 1 is 1.40 bits per heavy atom. The van der Waals surface area contributed by atoms with Gasteiger partial charge in [0.25, 0.3) is 5.91 Å². The molecule has 0 aliphatic heterocycles. The first-order valence-electron chi connectivity index (χ1n) is 5.80. The quantitative estimate of drug-likeness (QED) is 0.924. The molecule has 2 aromatic rings. The van der Waals surface area contributed by atoms with Gasteiger partial charge in [0.2, 0.25) is 0 Å². The summed E-state index contributed by atoms with van der Waals surface area (Å²) in [7, 11) is 1.12. The number of nitrogens with zero attached hydrogens (tertiary/aromatic N) is 1. The number of nitrogen functional groups attached to an aromatic ring is 1. The molecule has 1 aromatic heterocycles. The maximum atomic E-state index is 12.3. The van der Waals surface area contributed by atoms with E-state index in [9.17, 15) is 18.0 Å². The first-order valence-corrected chi connectivity index (χ1v) is 6.61. The Labute approximate surface area is 117 Å². The molecule has 1 amide bonds. The molecule has 0 saturated carbocycles. The molecule has 108 valence electrons. The molecule has 20 heavy (non-hydrogen) atoms. The van der Waals surface area contributed by atoms with Gasteiger partial charge in [0, 0.05) is 17.1 Å². The number of alkyl halides is 3. The molecule has 0 unspecified atom stereocenters. The van der Waals surface area contributed by atoms with Crippen LogP contribution in [-0.4, -0.2) is 30.6 Å². The number of hydrogen-bond donors (Lipinski definition) is 1. The van der Waals surface area contributed by atoms with Crippen LogP contribution in [0, 0.1) is 6.92 Å². The molecular formula is C13H13F3N2OS. The topological polar surface area (TPSA) is 46.3 Å². The van der Waals surface area contributed by atoms with Gasteiger partial charge in [-0.05, 0) is 19.1 Å². The van der Waals surface area contributed by atoms with Gasteiger partial charge in [0.05, 0.1) is 5.69 Å². The zero-order chi connectivity index (χ0) is 15.1. The lowest BCUT2D eigenvalue weighted by molar-refractivity contribution is -0.138. The van der Waals surface area contributed by atoms with Crippen LogP contribution in [-0.2, 0) is 0 Å². The minimum absolute atomic E-state index is 0.150. The molecule has 0 aliphatic carbocycles. The summed E-state index contributed by atoms with van der Waals surface area (Å²) in [6, 6.07) is 5.50. The molecule has 1 aromatic carbocycles. The summed E-state index contributed by atoms with van der Waals surface area (Å²) in [5.41, 5.74) is 7.11. The van der Waals surface area contributed by atoms with E-state index in [1.54, 1.807) is 0 Å². The van der Waals surface area contributed by atoms with E-state index in [1.165, 1.54) is 0 Å². The van der Waals surface area contributed by atoms with Crippen molar-refractivity contribution in [2.24, 2.45) is 0 Å². The van der Waals surface area contributed by atoms with Crippen molar-refractivity contribution in [1.82, 2.24) is 4.90 Å². The van der Waals surface area contributed by atoms with Gasteiger partial charge in [-0.25, -0.2) is 0 Å². The molecule has 7 heteroatoms. The highest BCUT2D eigenvalue weighted by molar-refractivity contribution is 7.21. The summed E-state index contributed by atoms with van der Waals surface area (Å²) < 4.78 is 37.7. The van der Waals surface area contributed by atoms with E-state index in [1.807, 2.05) is 25.1 Å². The van der Waals surface area contributed by atoms with Gasteiger partial charge < -0.3 is 10.6 Å². The molecule has 1 heterocycles. The van der Waals surface area contributed by atoms with Crippen molar-refractivity contribution in [1.29, 1.82) is 0 Å². The zero-order valence-electron chi connectivity index (χ0n) is 10.9. The van der Waals surface area contributed by atoms with Gasteiger partial charge >= 0.3 is 6.18 Å². The number of halogens is 3. The zero-order valence-corrected chi connectivity index (χ0v) is 11.7. The summed E-state index contributed by atoms with van der Waals surface area (Å²) in [6.45, 7) is 0.590.